The van der Waals surface area contributed by atoms with Crippen molar-refractivity contribution in [3.63, 3.8) is 0 Å². The molecule has 0 aromatic heterocycles. The quantitative estimate of drug-likeness (QED) is 0.845. The third-order valence-corrected chi connectivity index (χ3v) is 2.58. The van der Waals surface area contributed by atoms with Crippen LogP contribution in [-0.2, 0) is 4.79 Å². The lowest BCUT2D eigenvalue weighted by Gasteiger charge is -2.16. The molecule has 0 aliphatic carbocycles. The van der Waals surface area contributed by atoms with E-state index < -0.39 is 35.4 Å². The van der Waals surface area contributed by atoms with E-state index in [4.69, 9.17) is 11.0 Å². The Bertz CT molecular complexity index is 549. The van der Waals surface area contributed by atoms with Crippen LogP contribution in [0.5, 0.6) is 0 Å². The molecule has 2 atom stereocenters. The minimum absolute atomic E-state index is 0.0232. The van der Waals surface area contributed by atoms with Crippen molar-refractivity contribution in [1.82, 2.24) is 5.32 Å². The topological polar surface area (TPSA) is 96.0 Å². The van der Waals surface area contributed by atoms with E-state index in [-0.39, 0.29) is 12.0 Å². The van der Waals surface area contributed by atoms with Crippen LogP contribution < -0.4 is 11.1 Å². The van der Waals surface area contributed by atoms with Gasteiger partial charge in [-0.15, -0.1) is 0 Å². The zero-order valence-electron chi connectivity index (χ0n) is 10.7. The van der Waals surface area contributed by atoms with Gasteiger partial charge in [-0.3, -0.25) is 9.59 Å². The molecular formula is C13H13F2N3O2. The number of carbonyl (C=O) groups excluding carboxylic acids is 2. The van der Waals surface area contributed by atoms with Gasteiger partial charge in [-0.05, 0) is 25.5 Å². The van der Waals surface area contributed by atoms with Crippen LogP contribution >= 0.6 is 0 Å². The van der Waals surface area contributed by atoms with Gasteiger partial charge in [0.1, 0.15) is 17.7 Å². The molecule has 1 rings (SSSR count). The number of rotatable bonds is 5. The number of carbonyl (C=O) groups is 2. The molecule has 106 valence electrons. The van der Waals surface area contributed by atoms with Gasteiger partial charge in [0.15, 0.2) is 0 Å². The van der Waals surface area contributed by atoms with Crippen LogP contribution in [0.25, 0.3) is 0 Å². The fraction of sp³-hybridized carbons (Fsp3) is 0.308. The van der Waals surface area contributed by atoms with Gasteiger partial charge in [0, 0.05) is 17.5 Å². The molecule has 0 aliphatic rings. The Morgan fingerprint density at radius 2 is 1.90 bits per heavy atom. The smallest absolute Gasteiger partial charge is 0.252 e. The van der Waals surface area contributed by atoms with Crippen LogP contribution in [0, 0.1) is 28.9 Å². The van der Waals surface area contributed by atoms with Gasteiger partial charge in [0.2, 0.25) is 5.91 Å². The van der Waals surface area contributed by atoms with E-state index in [1.807, 2.05) is 6.07 Å². The molecular weight excluding hydrogens is 268 g/mol. The summed E-state index contributed by atoms with van der Waals surface area (Å²) in [5.41, 5.74) is 4.85. The first-order chi connectivity index (χ1) is 9.33. The van der Waals surface area contributed by atoms with Gasteiger partial charge in [0.25, 0.3) is 5.91 Å². The molecule has 0 aliphatic heterocycles. The predicted octanol–water partition coefficient (Wildman–Crippen LogP) is 1.10. The number of amides is 2. The Labute approximate surface area is 114 Å². The average Bonchev–Trinajstić information content (AvgIpc) is 2.36. The number of nitrogens with two attached hydrogens (primary N) is 1. The van der Waals surface area contributed by atoms with Crippen molar-refractivity contribution in [1.29, 1.82) is 5.26 Å². The summed E-state index contributed by atoms with van der Waals surface area (Å²) in [5.74, 6) is -3.97. The highest BCUT2D eigenvalue weighted by molar-refractivity contribution is 5.97. The fourth-order valence-electron chi connectivity index (χ4n) is 1.58. The molecule has 0 heterocycles. The lowest BCUT2D eigenvalue weighted by molar-refractivity contribution is -0.120. The van der Waals surface area contributed by atoms with E-state index in [1.54, 1.807) is 6.92 Å². The molecule has 0 radical (unpaired) electrons. The van der Waals surface area contributed by atoms with Crippen molar-refractivity contribution in [2.45, 2.75) is 19.4 Å². The molecule has 0 unspecified atom stereocenters. The van der Waals surface area contributed by atoms with Crippen LogP contribution in [0.2, 0.25) is 0 Å². The number of nitrogens with one attached hydrogen (secondary N) is 1. The lowest BCUT2D eigenvalue weighted by atomic mass is 10.0. The van der Waals surface area contributed by atoms with Gasteiger partial charge in [-0.1, -0.05) is 0 Å². The molecule has 7 heteroatoms. The SMILES string of the molecule is C[C@@H](C#N)C[C@@H](NC(=O)c1cc(F)cc(F)c1)C(N)=O. The second kappa shape index (κ2) is 6.61. The Kier molecular flexibility index (Phi) is 5.15. The standard InChI is InChI=1S/C13H13F2N3O2/c1-7(6-16)2-11(12(17)19)18-13(20)8-3-9(14)5-10(15)4-8/h3-5,7,11H,2H2,1H3,(H2,17,19)(H,18,20)/t7-,11-/m1/s1. The molecule has 1 aromatic carbocycles. The second-order valence-electron chi connectivity index (χ2n) is 4.35. The summed E-state index contributed by atoms with van der Waals surface area (Å²) in [4.78, 5) is 23.0. The van der Waals surface area contributed by atoms with E-state index in [0.29, 0.717) is 6.07 Å². The zero-order chi connectivity index (χ0) is 15.3. The number of nitrogens with zero attached hydrogens (tertiary/aromatic N) is 1. The van der Waals surface area contributed by atoms with E-state index in [0.717, 1.165) is 12.1 Å². The highest BCUT2D eigenvalue weighted by Crippen LogP contribution is 2.10. The van der Waals surface area contributed by atoms with Crippen molar-refractivity contribution in [3.8, 4) is 6.07 Å². The molecule has 2 amide bonds. The molecule has 20 heavy (non-hydrogen) atoms. The normalized spacial score (nSPS) is 13.1. The van der Waals surface area contributed by atoms with Crippen LogP contribution in [0.4, 0.5) is 8.78 Å². The number of hydrogen-bond acceptors (Lipinski definition) is 3. The fourth-order valence-corrected chi connectivity index (χ4v) is 1.58. The summed E-state index contributed by atoms with van der Waals surface area (Å²) >= 11 is 0. The molecule has 5 nitrogen and oxygen atoms in total. The molecule has 0 saturated carbocycles. The molecule has 0 fully saturated rings. The maximum Gasteiger partial charge on any atom is 0.252 e. The van der Waals surface area contributed by atoms with Crippen LogP contribution in [0.1, 0.15) is 23.7 Å². The lowest BCUT2D eigenvalue weighted by Crippen LogP contribution is -2.45. The Morgan fingerprint density at radius 1 is 1.35 bits per heavy atom. The first-order valence-corrected chi connectivity index (χ1v) is 5.79. The largest absolute Gasteiger partial charge is 0.368 e. The van der Waals surface area contributed by atoms with Gasteiger partial charge < -0.3 is 11.1 Å². The minimum atomic E-state index is -1.08. The first-order valence-electron chi connectivity index (χ1n) is 5.79. The van der Waals surface area contributed by atoms with Crippen LogP contribution in [-0.4, -0.2) is 17.9 Å². The summed E-state index contributed by atoms with van der Waals surface area (Å²) < 4.78 is 26.0. The third-order valence-electron chi connectivity index (χ3n) is 2.58. The Morgan fingerprint density at radius 3 is 2.35 bits per heavy atom. The Hall–Kier alpha value is -2.49. The number of primary amides is 1. The Balaban J connectivity index is 2.86. The number of hydrogen-bond donors (Lipinski definition) is 2. The predicted molar refractivity (Wildman–Crippen MR) is 66.2 cm³/mol. The van der Waals surface area contributed by atoms with Gasteiger partial charge in [-0.2, -0.15) is 5.26 Å². The summed E-state index contributed by atoms with van der Waals surface area (Å²) in [6.45, 7) is 1.56. The molecule has 0 bridgehead atoms. The maximum absolute atomic E-state index is 13.0. The van der Waals surface area contributed by atoms with Crippen molar-refractivity contribution in [2.75, 3.05) is 0 Å². The molecule has 0 saturated heterocycles. The number of benzene rings is 1. The highest BCUT2D eigenvalue weighted by Gasteiger charge is 2.22. The number of halogens is 2. The number of nitriles is 1. The molecule has 1 aromatic rings. The van der Waals surface area contributed by atoms with E-state index in [9.17, 15) is 18.4 Å². The van der Waals surface area contributed by atoms with Crippen molar-refractivity contribution in [2.24, 2.45) is 11.7 Å². The van der Waals surface area contributed by atoms with E-state index in [2.05, 4.69) is 5.32 Å². The maximum atomic E-state index is 13.0. The second-order valence-corrected chi connectivity index (χ2v) is 4.35. The van der Waals surface area contributed by atoms with E-state index >= 15 is 0 Å². The first kappa shape index (κ1) is 15.6. The summed E-state index contributed by atoms with van der Waals surface area (Å²) in [7, 11) is 0. The zero-order valence-corrected chi connectivity index (χ0v) is 10.7. The van der Waals surface area contributed by atoms with Gasteiger partial charge in [0.05, 0.1) is 6.07 Å². The van der Waals surface area contributed by atoms with Crippen molar-refractivity contribution in [3.05, 3.63) is 35.4 Å². The van der Waals surface area contributed by atoms with Crippen LogP contribution in [0.15, 0.2) is 18.2 Å². The van der Waals surface area contributed by atoms with E-state index in [1.165, 1.54) is 0 Å². The average molecular weight is 281 g/mol. The summed E-state index contributed by atoms with van der Waals surface area (Å²) in [6.07, 6.45) is 0.0232. The third kappa shape index (κ3) is 4.31. The highest BCUT2D eigenvalue weighted by atomic mass is 19.1. The molecule has 3 N–H and O–H groups in total. The summed E-state index contributed by atoms with van der Waals surface area (Å²) in [6, 6.07) is 3.12. The van der Waals surface area contributed by atoms with Gasteiger partial charge >= 0.3 is 0 Å². The van der Waals surface area contributed by atoms with Crippen LogP contribution in [0.3, 0.4) is 0 Å². The van der Waals surface area contributed by atoms with Crippen molar-refractivity contribution >= 4 is 11.8 Å². The minimum Gasteiger partial charge on any atom is -0.368 e. The van der Waals surface area contributed by atoms with Crippen molar-refractivity contribution < 1.29 is 18.4 Å². The molecule has 0 spiro atoms. The van der Waals surface area contributed by atoms with Gasteiger partial charge in [-0.25, -0.2) is 8.78 Å². The monoisotopic (exact) mass is 281 g/mol. The summed E-state index contributed by atoms with van der Waals surface area (Å²) in [5, 5.41) is 10.9.